The van der Waals surface area contributed by atoms with Gasteiger partial charge in [-0.2, -0.15) is 9.61 Å². The first-order valence-electron chi connectivity index (χ1n) is 14.8. The number of benzene rings is 1. The maximum Gasteiger partial charge on any atom is 0.256 e. The van der Waals surface area contributed by atoms with Crippen LogP contribution in [0.25, 0.3) is 5.65 Å². The van der Waals surface area contributed by atoms with Crippen LogP contribution in [0.3, 0.4) is 0 Å². The van der Waals surface area contributed by atoms with Crippen molar-refractivity contribution in [3.05, 3.63) is 46.6 Å². The van der Waals surface area contributed by atoms with Crippen LogP contribution in [0, 0.1) is 0 Å². The van der Waals surface area contributed by atoms with E-state index in [1.807, 2.05) is 10.6 Å². The van der Waals surface area contributed by atoms with Crippen LogP contribution >= 0.6 is 11.6 Å². The molecule has 3 aliphatic rings. The van der Waals surface area contributed by atoms with Crippen molar-refractivity contribution in [3.8, 4) is 0 Å². The lowest BCUT2D eigenvalue weighted by atomic mass is 9.98. The summed E-state index contributed by atoms with van der Waals surface area (Å²) in [4.78, 5) is 27.8. The zero-order valence-corrected chi connectivity index (χ0v) is 26.4. The maximum atomic E-state index is 14.0. The number of halogens is 1. The summed E-state index contributed by atoms with van der Waals surface area (Å²) < 4.78 is 34.1. The largest absolute Gasteiger partial charge is 0.378 e. The molecule has 0 aliphatic carbocycles. The first kappa shape index (κ1) is 29.9. The quantitative estimate of drug-likeness (QED) is 0.420. The van der Waals surface area contributed by atoms with Crippen LogP contribution in [0.2, 0.25) is 5.02 Å². The number of anilines is 3. The molecule has 5 heterocycles. The van der Waals surface area contributed by atoms with E-state index in [4.69, 9.17) is 26.4 Å². The second-order valence-corrected chi connectivity index (χ2v) is 14.0. The predicted octanol–water partition coefficient (Wildman–Crippen LogP) is 3.10. The molecule has 232 valence electrons. The highest BCUT2D eigenvalue weighted by Crippen LogP contribution is 2.35. The van der Waals surface area contributed by atoms with Crippen molar-refractivity contribution in [2.75, 3.05) is 80.8 Å². The molecule has 2 aromatic heterocycles. The SMILES string of the molecule is CN(C)C1CCN(c2cc(N3CCOCC3)n3nc([C@@H]4CCCCN4C(=O)c4cc(Cl)ccc4NS(C)(=O)=O)cc3n2)C1. The van der Waals surface area contributed by atoms with Gasteiger partial charge in [-0.05, 0) is 58.0 Å². The molecule has 3 aromatic rings. The molecule has 3 fully saturated rings. The van der Waals surface area contributed by atoms with Gasteiger partial charge in [-0.25, -0.2) is 13.4 Å². The molecule has 0 bridgehead atoms. The van der Waals surface area contributed by atoms with Crippen LogP contribution in [-0.2, 0) is 14.8 Å². The van der Waals surface area contributed by atoms with Crippen molar-refractivity contribution in [2.45, 2.75) is 37.8 Å². The second kappa shape index (κ2) is 12.1. The van der Waals surface area contributed by atoms with Gasteiger partial charge in [-0.1, -0.05) is 11.6 Å². The number of amides is 1. The number of ether oxygens (including phenoxy) is 1. The Labute approximate surface area is 257 Å². The van der Waals surface area contributed by atoms with E-state index in [-0.39, 0.29) is 23.2 Å². The van der Waals surface area contributed by atoms with Gasteiger partial charge in [-0.3, -0.25) is 9.52 Å². The highest BCUT2D eigenvalue weighted by atomic mass is 35.5. The molecule has 2 atom stereocenters. The number of carbonyl (C=O) groups excluding carboxylic acids is 1. The molecule has 1 amide bonds. The minimum Gasteiger partial charge on any atom is -0.378 e. The van der Waals surface area contributed by atoms with Gasteiger partial charge in [0.05, 0.1) is 42.5 Å². The highest BCUT2D eigenvalue weighted by molar-refractivity contribution is 7.92. The van der Waals surface area contributed by atoms with Gasteiger partial charge >= 0.3 is 0 Å². The number of nitrogens with zero attached hydrogens (tertiary/aromatic N) is 7. The van der Waals surface area contributed by atoms with E-state index < -0.39 is 10.0 Å². The Kier molecular flexibility index (Phi) is 8.42. The summed E-state index contributed by atoms with van der Waals surface area (Å²) in [6, 6.07) is 8.93. The van der Waals surface area contributed by atoms with Crippen LogP contribution in [0.1, 0.15) is 47.8 Å². The molecule has 3 saturated heterocycles. The van der Waals surface area contributed by atoms with Crippen molar-refractivity contribution >= 4 is 50.5 Å². The monoisotopic (exact) mass is 630 g/mol. The Bertz CT molecular complexity index is 1610. The molecule has 0 spiro atoms. The van der Waals surface area contributed by atoms with Crippen LogP contribution < -0.4 is 14.5 Å². The third-order valence-corrected chi connectivity index (χ3v) is 9.40. The van der Waals surface area contributed by atoms with E-state index in [0.29, 0.717) is 30.8 Å². The van der Waals surface area contributed by atoms with Crippen molar-refractivity contribution in [1.82, 2.24) is 24.4 Å². The Morgan fingerprint density at radius 3 is 2.56 bits per heavy atom. The Balaban J connectivity index is 1.38. The smallest absolute Gasteiger partial charge is 0.256 e. The number of morpholine rings is 1. The molecule has 43 heavy (non-hydrogen) atoms. The van der Waals surface area contributed by atoms with Gasteiger partial charge in [-0.15, -0.1) is 0 Å². The molecule has 1 aromatic carbocycles. The zero-order chi connectivity index (χ0) is 30.3. The van der Waals surface area contributed by atoms with E-state index in [1.54, 1.807) is 11.0 Å². The Morgan fingerprint density at radius 1 is 1.05 bits per heavy atom. The summed E-state index contributed by atoms with van der Waals surface area (Å²) >= 11 is 6.27. The third kappa shape index (κ3) is 6.40. The van der Waals surface area contributed by atoms with Crippen LogP contribution in [-0.4, -0.2) is 111 Å². The number of fused-ring (bicyclic) bond motifs is 1. The average molecular weight is 631 g/mol. The molecule has 14 heteroatoms. The molecule has 1 unspecified atom stereocenters. The first-order chi connectivity index (χ1) is 20.6. The van der Waals surface area contributed by atoms with Crippen LogP contribution in [0.15, 0.2) is 30.3 Å². The maximum absolute atomic E-state index is 14.0. The van der Waals surface area contributed by atoms with Crippen molar-refractivity contribution in [2.24, 2.45) is 0 Å². The van der Waals surface area contributed by atoms with E-state index in [2.05, 4.69) is 39.6 Å². The van der Waals surface area contributed by atoms with Crippen LogP contribution in [0.5, 0.6) is 0 Å². The van der Waals surface area contributed by atoms with Crippen molar-refractivity contribution < 1.29 is 17.9 Å². The lowest BCUT2D eigenvalue weighted by Crippen LogP contribution is -2.39. The highest BCUT2D eigenvalue weighted by Gasteiger charge is 2.33. The summed E-state index contributed by atoms with van der Waals surface area (Å²) in [5, 5.41) is 5.42. The lowest BCUT2D eigenvalue weighted by Gasteiger charge is -2.35. The predicted molar refractivity (Wildman–Crippen MR) is 168 cm³/mol. The number of nitrogens with one attached hydrogen (secondary N) is 1. The number of piperidine rings is 1. The molecule has 6 rings (SSSR count). The molecule has 3 aliphatic heterocycles. The van der Waals surface area contributed by atoms with E-state index in [0.717, 1.165) is 81.1 Å². The number of hydrogen-bond donors (Lipinski definition) is 1. The number of carbonyl (C=O) groups is 1. The molecule has 0 radical (unpaired) electrons. The number of likely N-dealkylation sites (tertiary alicyclic amines) is 1. The minimum absolute atomic E-state index is 0.207. The Morgan fingerprint density at radius 2 is 1.84 bits per heavy atom. The zero-order valence-electron chi connectivity index (χ0n) is 24.9. The van der Waals surface area contributed by atoms with Crippen LogP contribution in [0.4, 0.5) is 17.3 Å². The summed E-state index contributed by atoms with van der Waals surface area (Å²) in [6.45, 7) is 5.18. The fourth-order valence-corrected chi connectivity index (χ4v) is 7.05. The Hall–Kier alpha value is -3.13. The van der Waals surface area contributed by atoms with Gasteiger partial charge in [0.25, 0.3) is 5.91 Å². The number of hydrogen-bond acceptors (Lipinski definition) is 9. The van der Waals surface area contributed by atoms with Gasteiger partial charge in [0, 0.05) is 55.9 Å². The van der Waals surface area contributed by atoms with Gasteiger partial charge in [0.1, 0.15) is 11.6 Å². The molecule has 0 saturated carbocycles. The summed E-state index contributed by atoms with van der Waals surface area (Å²) in [6.07, 6.45) is 4.67. The summed E-state index contributed by atoms with van der Waals surface area (Å²) in [5.74, 6) is 1.60. The van der Waals surface area contributed by atoms with E-state index >= 15 is 0 Å². The molecule has 12 nitrogen and oxygen atoms in total. The fourth-order valence-electron chi connectivity index (χ4n) is 6.30. The first-order valence-corrected chi connectivity index (χ1v) is 17.1. The summed E-state index contributed by atoms with van der Waals surface area (Å²) in [7, 11) is 0.635. The standard InChI is InChI=1S/C29H39ClN8O4S/c1-34(2)21-9-11-36(19-21)26-18-28(35-12-14-42-15-13-35)38-27(31-26)17-24(32-38)25-6-4-5-10-37(25)29(39)22-16-20(30)7-8-23(22)33-43(3,40)41/h7-8,16-18,21,25,33H,4-6,9-15,19H2,1-3H3/t21?,25-/m0/s1. The second-order valence-electron chi connectivity index (χ2n) is 11.8. The van der Waals surface area contributed by atoms with Gasteiger partial charge < -0.3 is 24.3 Å². The third-order valence-electron chi connectivity index (χ3n) is 8.58. The summed E-state index contributed by atoms with van der Waals surface area (Å²) in [5.41, 5.74) is 1.92. The van der Waals surface area contributed by atoms with E-state index in [1.165, 1.54) is 12.1 Å². The topological polar surface area (TPSA) is 116 Å². The fraction of sp³-hybridized carbons (Fsp3) is 0.552. The molecule has 1 N–H and O–H groups in total. The number of sulfonamides is 1. The molecular weight excluding hydrogens is 592 g/mol. The number of rotatable bonds is 7. The number of likely N-dealkylation sites (N-methyl/N-ethyl adjacent to an activating group) is 1. The lowest BCUT2D eigenvalue weighted by molar-refractivity contribution is 0.0607. The van der Waals surface area contributed by atoms with Crippen molar-refractivity contribution in [1.29, 1.82) is 0 Å². The normalized spacial score (nSPS) is 21.7. The van der Waals surface area contributed by atoms with Crippen molar-refractivity contribution in [3.63, 3.8) is 0 Å². The van der Waals surface area contributed by atoms with Gasteiger partial charge in [0.15, 0.2) is 5.65 Å². The van der Waals surface area contributed by atoms with Gasteiger partial charge in [0.2, 0.25) is 10.0 Å². The minimum atomic E-state index is -3.60. The van der Waals surface area contributed by atoms with E-state index in [9.17, 15) is 13.2 Å². The average Bonchev–Trinajstić information content (AvgIpc) is 3.65. The number of aromatic nitrogens is 3. The molecular formula is C29H39ClN8O4S.